The molecule has 1 aliphatic carbocycles. The summed E-state index contributed by atoms with van der Waals surface area (Å²) in [5.74, 6) is 1.62. The molecule has 1 fully saturated rings. The van der Waals surface area contributed by atoms with Crippen LogP contribution in [0.4, 0.5) is 0 Å². The van der Waals surface area contributed by atoms with Gasteiger partial charge in [0.25, 0.3) is 0 Å². The molecule has 0 amide bonds. The van der Waals surface area contributed by atoms with Crippen LogP contribution >= 0.6 is 0 Å². The largest absolute Gasteiger partial charge is 0.378 e. The third kappa shape index (κ3) is 5.50. The van der Waals surface area contributed by atoms with Gasteiger partial charge in [-0.25, -0.2) is 0 Å². The molecule has 15 heavy (non-hydrogen) atoms. The Labute approximate surface area is 93.3 Å². The predicted octanol–water partition coefficient (Wildman–Crippen LogP) is 1.80. The first kappa shape index (κ1) is 12.9. The highest BCUT2D eigenvalue weighted by Crippen LogP contribution is 2.30. The lowest BCUT2D eigenvalue weighted by molar-refractivity contribution is -0.0268. The van der Waals surface area contributed by atoms with Crippen molar-refractivity contribution in [3.05, 3.63) is 0 Å². The fourth-order valence-electron chi connectivity index (χ4n) is 2.47. The van der Waals surface area contributed by atoms with Crippen LogP contribution in [-0.4, -0.2) is 32.5 Å². The van der Waals surface area contributed by atoms with Crippen molar-refractivity contribution in [1.29, 1.82) is 0 Å². The first-order valence-electron chi connectivity index (χ1n) is 6.11. The number of ether oxygens (including phenoxy) is 2. The predicted molar refractivity (Wildman–Crippen MR) is 61.8 cm³/mol. The average molecular weight is 215 g/mol. The Hall–Kier alpha value is -0.120. The van der Waals surface area contributed by atoms with Gasteiger partial charge in [-0.1, -0.05) is 13.8 Å². The quantitative estimate of drug-likeness (QED) is 0.687. The lowest BCUT2D eigenvalue weighted by Crippen LogP contribution is -2.27. The van der Waals surface area contributed by atoms with E-state index in [1.165, 1.54) is 19.3 Å². The molecule has 3 heteroatoms. The van der Waals surface area contributed by atoms with Gasteiger partial charge < -0.3 is 15.2 Å². The van der Waals surface area contributed by atoms with Crippen LogP contribution in [-0.2, 0) is 9.47 Å². The molecule has 0 aromatic heterocycles. The van der Waals surface area contributed by atoms with Crippen molar-refractivity contribution < 1.29 is 9.47 Å². The smallest absolute Gasteiger partial charge is 0.0704 e. The minimum absolute atomic E-state index is 0.449. The van der Waals surface area contributed by atoms with Gasteiger partial charge in [0.1, 0.15) is 0 Å². The maximum atomic E-state index is 5.80. The molecule has 90 valence electrons. The first-order chi connectivity index (χ1) is 7.22. The number of hydrogen-bond acceptors (Lipinski definition) is 3. The van der Waals surface area contributed by atoms with E-state index in [4.69, 9.17) is 15.2 Å². The second-order valence-electron chi connectivity index (χ2n) is 4.81. The van der Waals surface area contributed by atoms with Crippen LogP contribution in [0.1, 0.15) is 33.1 Å². The van der Waals surface area contributed by atoms with Crippen molar-refractivity contribution in [2.45, 2.75) is 39.2 Å². The molecule has 0 saturated heterocycles. The fourth-order valence-corrected chi connectivity index (χ4v) is 2.47. The van der Waals surface area contributed by atoms with E-state index >= 15 is 0 Å². The molecule has 2 atom stereocenters. The fraction of sp³-hybridized carbons (Fsp3) is 1.00. The molecule has 2 N–H and O–H groups in total. The third-order valence-electron chi connectivity index (χ3n) is 2.98. The zero-order valence-corrected chi connectivity index (χ0v) is 10.1. The van der Waals surface area contributed by atoms with Gasteiger partial charge in [0.15, 0.2) is 0 Å². The normalized spacial score (nSPS) is 31.8. The van der Waals surface area contributed by atoms with E-state index in [0.29, 0.717) is 32.5 Å². The van der Waals surface area contributed by atoms with Crippen LogP contribution in [0.2, 0.25) is 0 Å². The molecule has 0 radical (unpaired) electrons. The monoisotopic (exact) mass is 215 g/mol. The summed E-state index contributed by atoms with van der Waals surface area (Å²) >= 11 is 0. The second kappa shape index (κ2) is 7.20. The van der Waals surface area contributed by atoms with E-state index in [-0.39, 0.29) is 0 Å². The van der Waals surface area contributed by atoms with Crippen molar-refractivity contribution in [2.75, 3.05) is 26.4 Å². The van der Waals surface area contributed by atoms with Gasteiger partial charge in [0, 0.05) is 6.54 Å². The molecular weight excluding hydrogens is 190 g/mol. The van der Waals surface area contributed by atoms with Crippen LogP contribution in [0.5, 0.6) is 0 Å². The topological polar surface area (TPSA) is 44.5 Å². The minimum atomic E-state index is 0.449. The summed E-state index contributed by atoms with van der Waals surface area (Å²) in [6, 6.07) is 0. The van der Waals surface area contributed by atoms with Crippen LogP contribution in [0.15, 0.2) is 0 Å². The van der Waals surface area contributed by atoms with Crippen molar-refractivity contribution in [3.63, 3.8) is 0 Å². The van der Waals surface area contributed by atoms with E-state index in [1.807, 2.05) is 0 Å². The van der Waals surface area contributed by atoms with Gasteiger partial charge in [0.2, 0.25) is 0 Å². The Balaban J connectivity index is 2.04. The summed E-state index contributed by atoms with van der Waals surface area (Å²) in [6.45, 7) is 7.26. The highest BCUT2D eigenvalue weighted by Gasteiger charge is 2.23. The molecular formula is C12H25NO2. The lowest BCUT2D eigenvalue weighted by Gasteiger charge is -2.31. The first-order valence-corrected chi connectivity index (χ1v) is 6.11. The molecule has 1 aliphatic rings. The molecule has 0 aromatic rings. The maximum absolute atomic E-state index is 5.80. The average Bonchev–Trinajstić information content (AvgIpc) is 2.16. The lowest BCUT2D eigenvalue weighted by atomic mass is 9.82. The van der Waals surface area contributed by atoms with Crippen molar-refractivity contribution >= 4 is 0 Å². The van der Waals surface area contributed by atoms with E-state index in [1.54, 1.807) is 0 Å². The molecule has 1 saturated carbocycles. The SMILES string of the molecule is CC1CC(C)CC(OCCOCCN)C1. The molecule has 0 aliphatic heterocycles. The van der Waals surface area contributed by atoms with Crippen LogP contribution in [0.25, 0.3) is 0 Å². The minimum Gasteiger partial charge on any atom is -0.378 e. The van der Waals surface area contributed by atoms with Crippen molar-refractivity contribution in [3.8, 4) is 0 Å². The van der Waals surface area contributed by atoms with Gasteiger partial charge in [-0.3, -0.25) is 0 Å². The number of nitrogens with two attached hydrogens (primary N) is 1. The molecule has 1 rings (SSSR count). The Morgan fingerprint density at radius 3 is 2.27 bits per heavy atom. The van der Waals surface area contributed by atoms with Crippen LogP contribution < -0.4 is 5.73 Å². The van der Waals surface area contributed by atoms with Gasteiger partial charge in [-0.15, -0.1) is 0 Å². The zero-order chi connectivity index (χ0) is 11.1. The van der Waals surface area contributed by atoms with Crippen molar-refractivity contribution in [1.82, 2.24) is 0 Å². The summed E-state index contributed by atoms with van der Waals surface area (Å²) < 4.78 is 11.1. The third-order valence-corrected chi connectivity index (χ3v) is 2.98. The maximum Gasteiger partial charge on any atom is 0.0704 e. The van der Waals surface area contributed by atoms with E-state index < -0.39 is 0 Å². The van der Waals surface area contributed by atoms with Gasteiger partial charge >= 0.3 is 0 Å². The summed E-state index contributed by atoms with van der Waals surface area (Å²) in [4.78, 5) is 0. The highest BCUT2D eigenvalue weighted by atomic mass is 16.5. The van der Waals surface area contributed by atoms with E-state index in [0.717, 1.165) is 11.8 Å². The number of rotatable bonds is 6. The zero-order valence-electron chi connectivity index (χ0n) is 10.1. The molecule has 0 aromatic carbocycles. The van der Waals surface area contributed by atoms with E-state index in [9.17, 15) is 0 Å². The van der Waals surface area contributed by atoms with E-state index in [2.05, 4.69) is 13.8 Å². The molecule has 3 nitrogen and oxygen atoms in total. The van der Waals surface area contributed by atoms with Crippen LogP contribution in [0, 0.1) is 11.8 Å². The summed E-state index contributed by atoms with van der Waals surface area (Å²) in [6.07, 6.45) is 4.22. The Bertz CT molecular complexity index is 154. The Morgan fingerprint density at radius 2 is 1.67 bits per heavy atom. The highest BCUT2D eigenvalue weighted by molar-refractivity contribution is 4.75. The van der Waals surface area contributed by atoms with Gasteiger partial charge in [-0.05, 0) is 31.1 Å². The molecule has 0 bridgehead atoms. The van der Waals surface area contributed by atoms with Crippen LogP contribution in [0.3, 0.4) is 0 Å². The standard InChI is InChI=1S/C12H25NO2/c1-10-7-11(2)9-12(8-10)15-6-5-14-4-3-13/h10-12H,3-9,13H2,1-2H3. The van der Waals surface area contributed by atoms with Gasteiger partial charge in [0.05, 0.1) is 25.9 Å². The second-order valence-corrected chi connectivity index (χ2v) is 4.81. The Kier molecular flexibility index (Phi) is 6.22. The summed E-state index contributed by atoms with van der Waals surface area (Å²) in [7, 11) is 0. The van der Waals surface area contributed by atoms with Gasteiger partial charge in [-0.2, -0.15) is 0 Å². The van der Waals surface area contributed by atoms with Crippen molar-refractivity contribution in [2.24, 2.45) is 17.6 Å². The molecule has 0 heterocycles. The summed E-state index contributed by atoms with van der Waals surface area (Å²) in [5.41, 5.74) is 5.32. The number of hydrogen-bond donors (Lipinski definition) is 1. The molecule has 0 spiro atoms. The molecule has 2 unspecified atom stereocenters. The Morgan fingerprint density at radius 1 is 1.00 bits per heavy atom. The summed E-state index contributed by atoms with van der Waals surface area (Å²) in [5, 5.41) is 0.